The van der Waals surface area contributed by atoms with Gasteiger partial charge in [-0.1, -0.05) is 110 Å². The zero-order valence-corrected chi connectivity index (χ0v) is 18.1. The summed E-state index contributed by atoms with van der Waals surface area (Å²) in [7, 11) is 0. The summed E-state index contributed by atoms with van der Waals surface area (Å²) in [6.07, 6.45) is 3.14. The quantitative estimate of drug-likeness (QED) is 0.288. The predicted molar refractivity (Wildman–Crippen MR) is 129 cm³/mol. The van der Waals surface area contributed by atoms with E-state index in [-0.39, 0.29) is 0 Å². The maximum atomic E-state index is 5.97. The van der Waals surface area contributed by atoms with E-state index in [1.807, 2.05) is 12.1 Å². The van der Waals surface area contributed by atoms with Crippen molar-refractivity contribution in [2.75, 3.05) is 0 Å². The zero-order valence-electron chi connectivity index (χ0n) is 17.4. The van der Waals surface area contributed by atoms with Gasteiger partial charge in [0.2, 0.25) is 0 Å². The van der Waals surface area contributed by atoms with E-state index in [2.05, 4.69) is 97.9 Å². The van der Waals surface area contributed by atoms with E-state index < -0.39 is 0 Å². The maximum absolute atomic E-state index is 5.97. The van der Waals surface area contributed by atoms with Crippen LogP contribution in [0.15, 0.2) is 103 Å². The Balaban J connectivity index is 1.36. The first-order valence-corrected chi connectivity index (χ1v) is 11.0. The van der Waals surface area contributed by atoms with Crippen molar-refractivity contribution in [3.8, 4) is 11.1 Å². The van der Waals surface area contributed by atoms with Gasteiger partial charge in [0.15, 0.2) is 0 Å². The van der Waals surface area contributed by atoms with Crippen molar-refractivity contribution in [1.29, 1.82) is 0 Å². The summed E-state index contributed by atoms with van der Waals surface area (Å²) in [5.41, 5.74) is 8.01. The van der Waals surface area contributed by atoms with Gasteiger partial charge in [-0.05, 0) is 70.7 Å². The van der Waals surface area contributed by atoms with Crippen LogP contribution >= 0.6 is 11.6 Å². The smallest absolute Gasteiger partial charge is 0.0406 e. The van der Waals surface area contributed by atoms with Crippen molar-refractivity contribution in [1.82, 2.24) is 0 Å². The zero-order chi connectivity index (χ0) is 20.8. The third-order valence-electron chi connectivity index (χ3n) is 5.77. The lowest BCUT2D eigenvalue weighted by atomic mass is 9.93. The van der Waals surface area contributed by atoms with E-state index in [0.29, 0.717) is 5.92 Å². The van der Waals surface area contributed by atoms with Crippen molar-refractivity contribution in [2.24, 2.45) is 0 Å². The molecule has 150 valence electrons. The van der Waals surface area contributed by atoms with Crippen LogP contribution in [0.25, 0.3) is 11.1 Å². The van der Waals surface area contributed by atoms with Gasteiger partial charge >= 0.3 is 0 Å². The average molecular weight is 411 g/mol. The van der Waals surface area contributed by atoms with Crippen LogP contribution < -0.4 is 0 Å². The fourth-order valence-electron chi connectivity index (χ4n) is 3.89. The molecule has 4 aromatic carbocycles. The molecule has 0 spiro atoms. The number of rotatable bonds is 7. The highest BCUT2D eigenvalue weighted by Crippen LogP contribution is 2.24. The Kier molecular flexibility index (Phi) is 6.67. The number of aryl methyl sites for hydroxylation is 2. The van der Waals surface area contributed by atoms with E-state index in [0.717, 1.165) is 24.3 Å². The molecule has 0 N–H and O–H groups in total. The molecule has 0 saturated carbocycles. The summed E-state index contributed by atoms with van der Waals surface area (Å²) < 4.78 is 0. The lowest BCUT2D eigenvalue weighted by molar-refractivity contribution is 0.759. The van der Waals surface area contributed by atoms with Gasteiger partial charge in [-0.15, -0.1) is 0 Å². The second kappa shape index (κ2) is 9.78. The van der Waals surface area contributed by atoms with Gasteiger partial charge in [-0.3, -0.25) is 0 Å². The molecule has 0 amide bonds. The van der Waals surface area contributed by atoms with E-state index >= 15 is 0 Å². The van der Waals surface area contributed by atoms with E-state index in [4.69, 9.17) is 11.6 Å². The minimum atomic E-state index is 0.525. The summed E-state index contributed by atoms with van der Waals surface area (Å²) in [5.74, 6) is 0.525. The van der Waals surface area contributed by atoms with Crippen molar-refractivity contribution >= 4 is 11.6 Å². The third-order valence-corrected chi connectivity index (χ3v) is 6.02. The molecule has 1 heteroatoms. The largest absolute Gasteiger partial charge is 0.0843 e. The van der Waals surface area contributed by atoms with Gasteiger partial charge in [0.05, 0.1) is 0 Å². The maximum Gasteiger partial charge on any atom is 0.0406 e. The van der Waals surface area contributed by atoms with Crippen LogP contribution in [0.2, 0.25) is 5.02 Å². The fourth-order valence-corrected chi connectivity index (χ4v) is 4.02. The molecule has 30 heavy (non-hydrogen) atoms. The van der Waals surface area contributed by atoms with E-state index in [9.17, 15) is 0 Å². The van der Waals surface area contributed by atoms with Crippen LogP contribution in [0.5, 0.6) is 0 Å². The van der Waals surface area contributed by atoms with Crippen LogP contribution in [0.1, 0.15) is 35.1 Å². The second-order valence-electron chi connectivity index (χ2n) is 8.04. The summed E-state index contributed by atoms with van der Waals surface area (Å²) in [5, 5.41) is 0.795. The molecule has 0 aliphatic rings. The predicted octanol–water partition coefficient (Wildman–Crippen LogP) is 8.14. The number of hydrogen-bond donors (Lipinski definition) is 0. The molecule has 0 aliphatic carbocycles. The molecule has 0 radical (unpaired) electrons. The van der Waals surface area contributed by atoms with Crippen molar-refractivity contribution in [3.05, 3.63) is 130 Å². The minimum Gasteiger partial charge on any atom is -0.0843 e. The molecule has 0 nitrogen and oxygen atoms in total. The SMILES string of the molecule is CC(Cc1ccc(-c2ccc(CCc3ccc(Cl)cc3)cc2)cc1)c1ccccc1. The standard InChI is InChI=1S/C29H27Cl/c1-22(26-5-3-2-4-6-26)21-25-11-17-28(18-12-25)27-15-9-23(10-16-27)7-8-24-13-19-29(30)20-14-24/h2-6,9-20,22H,7-8,21H2,1H3. The summed E-state index contributed by atoms with van der Waals surface area (Å²) in [4.78, 5) is 0. The van der Waals surface area contributed by atoms with Crippen LogP contribution in [-0.2, 0) is 19.3 Å². The lowest BCUT2D eigenvalue weighted by Gasteiger charge is -2.12. The van der Waals surface area contributed by atoms with Gasteiger partial charge < -0.3 is 0 Å². The van der Waals surface area contributed by atoms with E-state index in [1.54, 1.807) is 0 Å². The Morgan fingerprint density at radius 3 is 1.57 bits per heavy atom. The number of halogens is 1. The fraction of sp³-hybridized carbons (Fsp3) is 0.172. The first-order chi connectivity index (χ1) is 14.7. The first-order valence-electron chi connectivity index (χ1n) is 10.6. The summed E-state index contributed by atoms with van der Waals surface area (Å²) in [6, 6.07) is 36.9. The molecule has 0 fully saturated rings. The van der Waals surface area contributed by atoms with Crippen molar-refractivity contribution in [2.45, 2.75) is 32.1 Å². The molecule has 0 aliphatic heterocycles. The van der Waals surface area contributed by atoms with Crippen LogP contribution in [0, 0.1) is 0 Å². The Bertz CT molecular complexity index is 1050. The van der Waals surface area contributed by atoms with Crippen molar-refractivity contribution < 1.29 is 0 Å². The third kappa shape index (κ3) is 5.40. The summed E-state index contributed by atoms with van der Waals surface area (Å²) >= 11 is 5.97. The lowest BCUT2D eigenvalue weighted by Crippen LogP contribution is -1.98. The van der Waals surface area contributed by atoms with Gasteiger partial charge in [0.1, 0.15) is 0 Å². The normalized spacial score (nSPS) is 11.9. The first kappa shape index (κ1) is 20.4. The Labute approximate surface area is 185 Å². The summed E-state index contributed by atoms with van der Waals surface area (Å²) in [6.45, 7) is 2.30. The van der Waals surface area contributed by atoms with Crippen LogP contribution in [-0.4, -0.2) is 0 Å². The Morgan fingerprint density at radius 1 is 0.567 bits per heavy atom. The molecule has 0 aromatic heterocycles. The highest BCUT2D eigenvalue weighted by Gasteiger charge is 2.07. The molecule has 1 atom stereocenters. The number of hydrogen-bond acceptors (Lipinski definition) is 0. The number of benzene rings is 4. The highest BCUT2D eigenvalue weighted by atomic mass is 35.5. The van der Waals surface area contributed by atoms with Gasteiger partial charge in [-0.2, -0.15) is 0 Å². The Morgan fingerprint density at radius 2 is 1.03 bits per heavy atom. The topological polar surface area (TPSA) is 0 Å². The average Bonchev–Trinajstić information content (AvgIpc) is 2.80. The van der Waals surface area contributed by atoms with Crippen LogP contribution in [0.3, 0.4) is 0 Å². The van der Waals surface area contributed by atoms with Gasteiger partial charge in [0.25, 0.3) is 0 Å². The van der Waals surface area contributed by atoms with Crippen molar-refractivity contribution in [3.63, 3.8) is 0 Å². The molecule has 0 saturated heterocycles. The molecule has 0 bridgehead atoms. The van der Waals surface area contributed by atoms with Gasteiger partial charge in [0, 0.05) is 5.02 Å². The van der Waals surface area contributed by atoms with E-state index in [1.165, 1.54) is 33.4 Å². The monoisotopic (exact) mass is 410 g/mol. The van der Waals surface area contributed by atoms with Gasteiger partial charge in [-0.25, -0.2) is 0 Å². The molecule has 1 unspecified atom stereocenters. The molecule has 4 rings (SSSR count). The second-order valence-corrected chi connectivity index (χ2v) is 8.47. The molecular formula is C29H27Cl. The molecular weight excluding hydrogens is 384 g/mol. The minimum absolute atomic E-state index is 0.525. The molecule has 0 heterocycles. The highest BCUT2D eigenvalue weighted by molar-refractivity contribution is 6.30. The Hall–Kier alpha value is -2.83. The van der Waals surface area contributed by atoms with Crippen LogP contribution in [0.4, 0.5) is 0 Å². The molecule has 4 aromatic rings.